The maximum absolute atomic E-state index is 11.0. The van der Waals surface area contributed by atoms with Crippen LogP contribution in [0.4, 0.5) is 5.69 Å². The Bertz CT molecular complexity index is 444. The minimum absolute atomic E-state index is 0.0301. The first kappa shape index (κ1) is 13.8. The molecule has 19 heavy (non-hydrogen) atoms. The molecule has 104 valence electrons. The fourth-order valence-electron chi connectivity index (χ4n) is 2.08. The van der Waals surface area contributed by atoms with Gasteiger partial charge in [-0.15, -0.1) is 0 Å². The van der Waals surface area contributed by atoms with Crippen LogP contribution in [0.2, 0.25) is 0 Å². The molecule has 6 heteroatoms. The summed E-state index contributed by atoms with van der Waals surface area (Å²) >= 11 is 0. The summed E-state index contributed by atoms with van der Waals surface area (Å²) in [5.74, 6) is 0.274. The topological polar surface area (TPSA) is 87.6 Å². The van der Waals surface area contributed by atoms with E-state index in [0.29, 0.717) is 12.2 Å². The van der Waals surface area contributed by atoms with E-state index < -0.39 is 4.92 Å². The lowest BCUT2D eigenvalue weighted by Gasteiger charge is -2.22. The third-order valence-corrected chi connectivity index (χ3v) is 3.15. The monoisotopic (exact) mass is 266 g/mol. The lowest BCUT2D eigenvalue weighted by Crippen LogP contribution is -2.25. The molecule has 1 atom stereocenters. The summed E-state index contributed by atoms with van der Waals surface area (Å²) in [6.45, 7) is 1.36. The highest BCUT2D eigenvalue weighted by Gasteiger charge is 2.19. The molecule has 1 unspecified atom stereocenters. The van der Waals surface area contributed by atoms with Gasteiger partial charge in [0.15, 0.2) is 5.75 Å². The van der Waals surface area contributed by atoms with Gasteiger partial charge in [-0.1, -0.05) is 6.07 Å². The van der Waals surface area contributed by atoms with Crippen LogP contribution in [0.3, 0.4) is 0 Å². The highest BCUT2D eigenvalue weighted by Crippen LogP contribution is 2.28. The molecule has 0 bridgehead atoms. The fourth-order valence-corrected chi connectivity index (χ4v) is 2.08. The number of benzene rings is 1. The molecule has 0 amide bonds. The van der Waals surface area contributed by atoms with E-state index in [1.165, 1.54) is 6.07 Å². The van der Waals surface area contributed by atoms with E-state index in [9.17, 15) is 10.1 Å². The van der Waals surface area contributed by atoms with Crippen LogP contribution < -0.4 is 10.5 Å². The summed E-state index contributed by atoms with van der Waals surface area (Å²) < 4.78 is 11.1. The van der Waals surface area contributed by atoms with E-state index in [4.69, 9.17) is 15.2 Å². The van der Waals surface area contributed by atoms with Crippen molar-refractivity contribution in [1.29, 1.82) is 0 Å². The lowest BCUT2D eigenvalue weighted by atomic mass is 10.1. The summed E-state index contributed by atoms with van der Waals surface area (Å²) in [5.41, 5.74) is 6.15. The van der Waals surface area contributed by atoms with Crippen LogP contribution in [-0.2, 0) is 11.3 Å². The second-order valence-electron chi connectivity index (χ2n) is 4.56. The number of hydrogen-bond acceptors (Lipinski definition) is 5. The Morgan fingerprint density at radius 3 is 2.95 bits per heavy atom. The van der Waals surface area contributed by atoms with E-state index >= 15 is 0 Å². The third kappa shape index (κ3) is 3.65. The van der Waals surface area contributed by atoms with Crippen molar-refractivity contribution in [3.05, 3.63) is 33.9 Å². The van der Waals surface area contributed by atoms with Gasteiger partial charge >= 0.3 is 5.69 Å². The first-order valence-corrected chi connectivity index (χ1v) is 6.42. The van der Waals surface area contributed by atoms with Crippen molar-refractivity contribution in [3.8, 4) is 5.75 Å². The van der Waals surface area contributed by atoms with Crippen molar-refractivity contribution >= 4 is 5.69 Å². The maximum atomic E-state index is 11.0. The van der Waals surface area contributed by atoms with E-state index in [0.717, 1.165) is 25.9 Å². The molecule has 1 fully saturated rings. The first-order valence-electron chi connectivity index (χ1n) is 6.42. The van der Waals surface area contributed by atoms with Crippen LogP contribution in [-0.4, -0.2) is 24.2 Å². The van der Waals surface area contributed by atoms with Crippen LogP contribution >= 0.6 is 0 Å². The molecular formula is C13H18N2O4. The maximum Gasteiger partial charge on any atom is 0.311 e. The molecule has 1 aliphatic heterocycles. The van der Waals surface area contributed by atoms with Gasteiger partial charge < -0.3 is 15.2 Å². The van der Waals surface area contributed by atoms with Gasteiger partial charge in [0.2, 0.25) is 0 Å². The molecule has 2 rings (SSSR count). The second-order valence-corrected chi connectivity index (χ2v) is 4.56. The Labute approximate surface area is 111 Å². The average Bonchev–Trinajstić information content (AvgIpc) is 2.46. The number of nitro groups is 1. The average molecular weight is 266 g/mol. The summed E-state index contributed by atoms with van der Waals surface area (Å²) in [4.78, 5) is 10.5. The number of hydrogen-bond donors (Lipinski definition) is 1. The highest BCUT2D eigenvalue weighted by atomic mass is 16.6. The van der Waals surface area contributed by atoms with Crippen LogP contribution in [0.25, 0.3) is 0 Å². The molecule has 1 aliphatic rings. The van der Waals surface area contributed by atoms with Crippen molar-refractivity contribution in [1.82, 2.24) is 0 Å². The Kier molecular flexibility index (Phi) is 4.70. The fraction of sp³-hybridized carbons (Fsp3) is 0.538. The van der Waals surface area contributed by atoms with Gasteiger partial charge in [0.1, 0.15) is 6.61 Å². The smallest absolute Gasteiger partial charge is 0.311 e. The molecule has 0 aliphatic carbocycles. The quantitative estimate of drug-likeness (QED) is 0.650. The number of nitrogens with two attached hydrogens (primary N) is 1. The molecule has 1 saturated heterocycles. The van der Waals surface area contributed by atoms with Crippen molar-refractivity contribution < 1.29 is 14.4 Å². The Morgan fingerprint density at radius 2 is 2.32 bits per heavy atom. The predicted molar refractivity (Wildman–Crippen MR) is 70.1 cm³/mol. The minimum atomic E-state index is -0.448. The standard InChI is InChI=1S/C13H18N2O4/c14-8-10-4-5-13(12(7-10)15(16)17)19-9-11-3-1-2-6-18-11/h4-5,7,11H,1-3,6,8-9,14H2. The van der Waals surface area contributed by atoms with Crippen molar-refractivity contribution in [3.63, 3.8) is 0 Å². The summed E-state index contributed by atoms with van der Waals surface area (Å²) in [5, 5.41) is 11.0. The highest BCUT2D eigenvalue weighted by molar-refractivity contribution is 5.48. The zero-order valence-electron chi connectivity index (χ0n) is 10.7. The zero-order chi connectivity index (χ0) is 13.7. The van der Waals surface area contributed by atoms with Crippen LogP contribution in [0.15, 0.2) is 18.2 Å². The van der Waals surface area contributed by atoms with E-state index in [1.54, 1.807) is 12.1 Å². The first-order chi connectivity index (χ1) is 9.20. The molecule has 0 radical (unpaired) electrons. The van der Waals surface area contributed by atoms with E-state index in [2.05, 4.69) is 0 Å². The SMILES string of the molecule is NCc1ccc(OCC2CCCCO2)c([N+](=O)[O-])c1. The van der Waals surface area contributed by atoms with Crippen molar-refractivity contribution in [2.75, 3.05) is 13.2 Å². The van der Waals surface area contributed by atoms with Gasteiger partial charge in [0, 0.05) is 19.2 Å². The number of rotatable bonds is 5. The second kappa shape index (κ2) is 6.49. The number of nitro benzene ring substituents is 1. The number of ether oxygens (including phenoxy) is 2. The zero-order valence-corrected chi connectivity index (χ0v) is 10.7. The van der Waals surface area contributed by atoms with Gasteiger partial charge in [-0.3, -0.25) is 10.1 Å². The Morgan fingerprint density at radius 1 is 1.47 bits per heavy atom. The van der Waals surface area contributed by atoms with Gasteiger partial charge in [-0.25, -0.2) is 0 Å². The van der Waals surface area contributed by atoms with Crippen LogP contribution in [0.5, 0.6) is 5.75 Å². The largest absolute Gasteiger partial charge is 0.484 e. The molecule has 1 aromatic rings. The molecular weight excluding hydrogens is 248 g/mol. The lowest BCUT2D eigenvalue weighted by molar-refractivity contribution is -0.386. The summed E-state index contributed by atoms with van der Waals surface area (Å²) in [6.07, 6.45) is 3.15. The molecule has 0 saturated carbocycles. The van der Waals surface area contributed by atoms with Gasteiger partial charge in [-0.2, -0.15) is 0 Å². The molecule has 2 N–H and O–H groups in total. The molecule has 0 spiro atoms. The Hall–Kier alpha value is -1.66. The normalized spacial score (nSPS) is 19.1. The van der Waals surface area contributed by atoms with Gasteiger partial charge in [0.25, 0.3) is 0 Å². The van der Waals surface area contributed by atoms with Gasteiger partial charge in [0.05, 0.1) is 11.0 Å². The van der Waals surface area contributed by atoms with E-state index in [1.807, 2.05) is 0 Å². The van der Waals surface area contributed by atoms with Crippen molar-refractivity contribution in [2.45, 2.75) is 31.9 Å². The van der Waals surface area contributed by atoms with Gasteiger partial charge in [-0.05, 0) is 30.9 Å². The molecule has 1 aromatic carbocycles. The molecule has 1 heterocycles. The van der Waals surface area contributed by atoms with E-state index in [-0.39, 0.29) is 24.1 Å². The predicted octanol–water partition coefficient (Wildman–Crippen LogP) is 2.00. The third-order valence-electron chi connectivity index (χ3n) is 3.15. The molecule has 0 aromatic heterocycles. The summed E-state index contributed by atoms with van der Waals surface area (Å²) in [7, 11) is 0. The summed E-state index contributed by atoms with van der Waals surface area (Å²) in [6, 6.07) is 4.80. The van der Waals surface area contributed by atoms with Crippen LogP contribution in [0, 0.1) is 10.1 Å². The number of nitrogens with zero attached hydrogens (tertiary/aromatic N) is 1. The minimum Gasteiger partial charge on any atom is -0.484 e. The molecule has 6 nitrogen and oxygen atoms in total. The van der Waals surface area contributed by atoms with Crippen molar-refractivity contribution in [2.24, 2.45) is 5.73 Å². The Balaban J connectivity index is 2.04. The van der Waals surface area contributed by atoms with Crippen LogP contribution in [0.1, 0.15) is 24.8 Å².